The highest BCUT2D eigenvalue weighted by molar-refractivity contribution is 7.14. The average Bonchev–Trinajstić information content (AvgIpc) is 3.22. The lowest BCUT2D eigenvalue weighted by Crippen LogP contribution is -2.51. The van der Waals surface area contributed by atoms with Crippen LogP contribution in [-0.2, 0) is 11.2 Å². The number of hydrogen-bond acceptors (Lipinski definition) is 4. The molecule has 2 amide bonds. The van der Waals surface area contributed by atoms with Crippen molar-refractivity contribution >= 4 is 23.2 Å². The summed E-state index contributed by atoms with van der Waals surface area (Å²) >= 11 is 1.62. The largest absolute Gasteiger partial charge is 0.368 e. The number of hydrogen-bond donors (Lipinski definition) is 1. The van der Waals surface area contributed by atoms with Gasteiger partial charge in [0, 0.05) is 24.0 Å². The number of nitrogens with two attached hydrogens (primary N) is 1. The van der Waals surface area contributed by atoms with Crippen LogP contribution in [0.1, 0.15) is 59.1 Å². The molecule has 3 heterocycles. The Bertz CT molecular complexity index is 635. The van der Waals surface area contributed by atoms with E-state index >= 15 is 0 Å². The molecule has 0 aliphatic carbocycles. The first kappa shape index (κ1) is 18.4. The molecule has 5 nitrogen and oxygen atoms in total. The zero-order valence-corrected chi connectivity index (χ0v) is 16.1. The highest BCUT2D eigenvalue weighted by atomic mass is 32.1. The van der Waals surface area contributed by atoms with Crippen molar-refractivity contribution in [3.8, 4) is 0 Å². The molecule has 25 heavy (non-hydrogen) atoms. The average molecular weight is 364 g/mol. The SMILES string of the molecule is CCCc1cc(C(=O)N2CCC(N3CCCC3C(N)=O)CC2)sc1C. The van der Waals surface area contributed by atoms with E-state index in [0.29, 0.717) is 6.04 Å². The molecule has 1 aromatic heterocycles. The van der Waals surface area contributed by atoms with Gasteiger partial charge in [0.15, 0.2) is 0 Å². The van der Waals surface area contributed by atoms with Gasteiger partial charge in [0.05, 0.1) is 10.9 Å². The number of nitrogens with zero attached hydrogens (tertiary/aromatic N) is 2. The van der Waals surface area contributed by atoms with E-state index in [4.69, 9.17) is 5.73 Å². The number of carbonyl (C=O) groups is 2. The number of likely N-dealkylation sites (tertiary alicyclic amines) is 2. The van der Waals surface area contributed by atoms with Crippen LogP contribution >= 0.6 is 11.3 Å². The number of primary amides is 1. The van der Waals surface area contributed by atoms with Crippen LogP contribution in [0.4, 0.5) is 0 Å². The lowest BCUT2D eigenvalue weighted by molar-refractivity contribution is -0.123. The summed E-state index contributed by atoms with van der Waals surface area (Å²) in [5.74, 6) is -0.0321. The third-order valence-electron chi connectivity index (χ3n) is 5.59. The summed E-state index contributed by atoms with van der Waals surface area (Å²) in [7, 11) is 0. The first-order valence-corrected chi connectivity index (χ1v) is 10.3. The normalized spacial score (nSPS) is 22.5. The highest BCUT2D eigenvalue weighted by Gasteiger charge is 2.36. The Balaban J connectivity index is 1.59. The van der Waals surface area contributed by atoms with Gasteiger partial charge in [0.2, 0.25) is 5.91 Å². The number of carbonyl (C=O) groups excluding carboxylic acids is 2. The molecule has 2 saturated heterocycles. The molecule has 0 bridgehead atoms. The fourth-order valence-corrected chi connectivity index (χ4v) is 5.27. The van der Waals surface area contributed by atoms with Gasteiger partial charge in [0.1, 0.15) is 0 Å². The minimum atomic E-state index is -0.200. The molecule has 2 aliphatic heterocycles. The Kier molecular flexibility index (Phi) is 5.79. The predicted octanol–water partition coefficient (Wildman–Crippen LogP) is 2.56. The predicted molar refractivity (Wildman–Crippen MR) is 101 cm³/mol. The molecule has 2 aliphatic rings. The van der Waals surface area contributed by atoms with Gasteiger partial charge in [-0.25, -0.2) is 0 Å². The van der Waals surface area contributed by atoms with Crippen LogP contribution in [0.25, 0.3) is 0 Å². The van der Waals surface area contributed by atoms with Crippen LogP contribution in [0.5, 0.6) is 0 Å². The summed E-state index contributed by atoms with van der Waals surface area (Å²) in [4.78, 5) is 30.8. The second-order valence-electron chi connectivity index (χ2n) is 7.26. The maximum atomic E-state index is 12.8. The lowest BCUT2D eigenvalue weighted by atomic mass is 10.0. The zero-order valence-electron chi connectivity index (χ0n) is 15.3. The Morgan fingerprint density at radius 1 is 1.24 bits per heavy atom. The molecule has 1 unspecified atom stereocenters. The number of amides is 2. The van der Waals surface area contributed by atoms with Crippen molar-refractivity contribution in [3.63, 3.8) is 0 Å². The number of thiophene rings is 1. The second kappa shape index (κ2) is 7.87. The van der Waals surface area contributed by atoms with E-state index in [2.05, 4.69) is 24.8 Å². The second-order valence-corrected chi connectivity index (χ2v) is 8.52. The van der Waals surface area contributed by atoms with Gasteiger partial charge >= 0.3 is 0 Å². The summed E-state index contributed by atoms with van der Waals surface area (Å²) in [6.45, 7) is 6.77. The van der Waals surface area contributed by atoms with E-state index in [-0.39, 0.29) is 17.9 Å². The number of piperidine rings is 1. The molecule has 0 radical (unpaired) electrons. The van der Waals surface area contributed by atoms with Crippen LogP contribution in [-0.4, -0.2) is 53.3 Å². The van der Waals surface area contributed by atoms with Gasteiger partial charge in [-0.05, 0) is 57.2 Å². The summed E-state index contributed by atoms with van der Waals surface area (Å²) in [6.07, 6.45) is 5.93. The molecular formula is C19H29N3O2S. The van der Waals surface area contributed by atoms with Gasteiger partial charge in [-0.2, -0.15) is 0 Å². The first-order valence-electron chi connectivity index (χ1n) is 9.45. The van der Waals surface area contributed by atoms with E-state index in [1.165, 1.54) is 10.4 Å². The number of aryl methyl sites for hydroxylation is 2. The molecule has 3 rings (SSSR count). The molecule has 2 N–H and O–H groups in total. The molecule has 6 heteroatoms. The third kappa shape index (κ3) is 3.90. The lowest BCUT2D eigenvalue weighted by Gasteiger charge is -2.38. The first-order chi connectivity index (χ1) is 12.0. The molecule has 0 spiro atoms. The van der Waals surface area contributed by atoms with Gasteiger partial charge in [-0.3, -0.25) is 14.5 Å². The molecule has 0 aromatic carbocycles. The molecule has 1 aromatic rings. The molecule has 1 atom stereocenters. The van der Waals surface area contributed by atoms with Gasteiger partial charge < -0.3 is 10.6 Å². The quantitative estimate of drug-likeness (QED) is 0.874. The summed E-state index contributed by atoms with van der Waals surface area (Å²) < 4.78 is 0. The smallest absolute Gasteiger partial charge is 0.263 e. The molecule has 138 valence electrons. The Morgan fingerprint density at radius 3 is 2.60 bits per heavy atom. The van der Waals surface area contributed by atoms with Crippen molar-refractivity contribution in [1.82, 2.24) is 9.80 Å². The maximum Gasteiger partial charge on any atom is 0.263 e. The fraction of sp³-hybridized carbons (Fsp3) is 0.684. The van der Waals surface area contributed by atoms with Crippen LogP contribution in [0.3, 0.4) is 0 Å². The van der Waals surface area contributed by atoms with Crippen molar-refractivity contribution in [3.05, 3.63) is 21.4 Å². The zero-order chi connectivity index (χ0) is 18.0. The minimum Gasteiger partial charge on any atom is -0.368 e. The molecule has 0 saturated carbocycles. The monoisotopic (exact) mass is 363 g/mol. The van der Waals surface area contributed by atoms with E-state index < -0.39 is 0 Å². The Morgan fingerprint density at radius 2 is 1.96 bits per heavy atom. The topological polar surface area (TPSA) is 66.6 Å². The summed E-state index contributed by atoms with van der Waals surface area (Å²) in [5, 5.41) is 0. The Hall–Kier alpha value is -1.40. The summed E-state index contributed by atoms with van der Waals surface area (Å²) in [6, 6.07) is 2.36. The summed E-state index contributed by atoms with van der Waals surface area (Å²) in [5.41, 5.74) is 6.86. The van der Waals surface area contributed by atoms with Crippen molar-refractivity contribution in [1.29, 1.82) is 0 Å². The van der Waals surface area contributed by atoms with Crippen molar-refractivity contribution in [2.45, 2.75) is 64.5 Å². The van der Waals surface area contributed by atoms with Gasteiger partial charge in [-0.15, -0.1) is 11.3 Å². The van der Waals surface area contributed by atoms with Crippen LogP contribution < -0.4 is 5.73 Å². The van der Waals surface area contributed by atoms with Gasteiger partial charge in [0.25, 0.3) is 5.91 Å². The van der Waals surface area contributed by atoms with E-state index in [1.54, 1.807) is 11.3 Å². The van der Waals surface area contributed by atoms with Crippen LogP contribution in [0.15, 0.2) is 6.07 Å². The number of rotatable bonds is 5. The Labute approximate surface area is 154 Å². The minimum absolute atomic E-state index is 0.108. The highest BCUT2D eigenvalue weighted by Crippen LogP contribution is 2.28. The van der Waals surface area contributed by atoms with E-state index in [1.807, 2.05) is 4.90 Å². The van der Waals surface area contributed by atoms with Crippen LogP contribution in [0.2, 0.25) is 0 Å². The van der Waals surface area contributed by atoms with E-state index in [9.17, 15) is 9.59 Å². The third-order valence-corrected chi connectivity index (χ3v) is 6.67. The standard InChI is InChI=1S/C19H29N3O2S/c1-3-5-14-12-17(25-13(14)2)19(24)21-10-7-15(8-11-21)22-9-4-6-16(22)18(20)23/h12,15-16H,3-11H2,1-2H3,(H2,20,23). The van der Waals surface area contributed by atoms with Crippen LogP contribution in [0, 0.1) is 6.92 Å². The van der Waals surface area contributed by atoms with Gasteiger partial charge in [-0.1, -0.05) is 13.3 Å². The fourth-order valence-electron chi connectivity index (χ4n) is 4.23. The molecular weight excluding hydrogens is 334 g/mol. The van der Waals surface area contributed by atoms with Crippen molar-refractivity contribution in [2.24, 2.45) is 5.73 Å². The van der Waals surface area contributed by atoms with E-state index in [0.717, 1.165) is 63.0 Å². The maximum absolute atomic E-state index is 12.8. The van der Waals surface area contributed by atoms with Crippen molar-refractivity contribution < 1.29 is 9.59 Å². The van der Waals surface area contributed by atoms with Crippen molar-refractivity contribution in [2.75, 3.05) is 19.6 Å². The molecule has 2 fully saturated rings.